The number of ether oxygens (including phenoxy) is 1. The molecule has 84 valence electrons. The molecule has 0 fully saturated rings. The summed E-state index contributed by atoms with van der Waals surface area (Å²) in [4.78, 5) is 10.9. The number of carbonyl (C=O) groups is 1. The van der Waals surface area contributed by atoms with Gasteiger partial charge in [0.05, 0.1) is 5.92 Å². The van der Waals surface area contributed by atoms with Crippen molar-refractivity contribution in [2.24, 2.45) is 5.92 Å². The van der Waals surface area contributed by atoms with Crippen molar-refractivity contribution in [1.82, 2.24) is 0 Å². The van der Waals surface area contributed by atoms with Crippen LogP contribution in [0.4, 0.5) is 17.6 Å². The van der Waals surface area contributed by atoms with Gasteiger partial charge in [-0.15, -0.1) is 0 Å². The van der Waals surface area contributed by atoms with E-state index < -0.39 is 30.8 Å². The van der Waals surface area contributed by atoms with Crippen LogP contribution >= 0.6 is 0 Å². The van der Waals surface area contributed by atoms with E-state index in [1.165, 1.54) is 6.92 Å². The summed E-state index contributed by atoms with van der Waals surface area (Å²) in [5.74, 6) is -1.67. The monoisotopic (exact) mass is 216 g/mol. The highest BCUT2D eigenvalue weighted by Crippen LogP contribution is 2.24. The van der Waals surface area contributed by atoms with Crippen molar-refractivity contribution < 1.29 is 27.1 Å². The van der Waals surface area contributed by atoms with Crippen molar-refractivity contribution in [3.63, 3.8) is 0 Å². The Morgan fingerprint density at radius 1 is 1.43 bits per heavy atom. The molecule has 0 rings (SSSR count). The number of hydrogen-bond donors (Lipinski definition) is 0. The number of hydrogen-bond acceptors (Lipinski definition) is 2. The molecule has 0 heterocycles. The van der Waals surface area contributed by atoms with E-state index in [0.29, 0.717) is 6.42 Å². The zero-order valence-corrected chi connectivity index (χ0v) is 7.90. The van der Waals surface area contributed by atoms with Gasteiger partial charge in [0.25, 0.3) is 0 Å². The van der Waals surface area contributed by atoms with Crippen LogP contribution in [0.2, 0.25) is 0 Å². The molecule has 0 aliphatic rings. The minimum Gasteiger partial charge on any atom is -0.450 e. The second kappa shape index (κ2) is 5.17. The molecular weight excluding hydrogens is 204 g/mol. The van der Waals surface area contributed by atoms with Crippen molar-refractivity contribution in [2.75, 3.05) is 6.67 Å². The summed E-state index contributed by atoms with van der Waals surface area (Å²) < 4.78 is 51.7. The van der Waals surface area contributed by atoms with Crippen LogP contribution in [0.25, 0.3) is 0 Å². The fourth-order valence-corrected chi connectivity index (χ4v) is 0.609. The largest absolute Gasteiger partial charge is 0.450 e. The molecule has 0 aromatic heterocycles. The molecule has 0 aliphatic heterocycles. The zero-order chi connectivity index (χ0) is 11.4. The van der Waals surface area contributed by atoms with Crippen LogP contribution in [0.5, 0.6) is 0 Å². The highest BCUT2D eigenvalue weighted by atomic mass is 19.4. The summed E-state index contributed by atoms with van der Waals surface area (Å²) in [6, 6.07) is 0. The van der Waals surface area contributed by atoms with Crippen LogP contribution in [-0.2, 0) is 9.53 Å². The summed E-state index contributed by atoms with van der Waals surface area (Å²) in [5, 5.41) is 0. The Morgan fingerprint density at radius 3 is 2.21 bits per heavy atom. The third-order valence-corrected chi connectivity index (χ3v) is 1.78. The SMILES string of the molecule is CCC(C)C(=O)OC(CF)C(F)(F)F. The average molecular weight is 216 g/mol. The second-order valence-electron chi connectivity index (χ2n) is 2.93. The third-order valence-electron chi connectivity index (χ3n) is 1.78. The number of esters is 1. The Hall–Kier alpha value is -0.810. The Morgan fingerprint density at radius 2 is 1.93 bits per heavy atom. The van der Waals surface area contributed by atoms with Crippen molar-refractivity contribution in [3.05, 3.63) is 0 Å². The van der Waals surface area contributed by atoms with Crippen LogP contribution in [0, 0.1) is 5.92 Å². The quantitative estimate of drug-likeness (QED) is 0.533. The average Bonchev–Trinajstić information content (AvgIpc) is 2.10. The molecule has 0 aromatic rings. The van der Waals surface area contributed by atoms with Crippen LogP contribution < -0.4 is 0 Å². The Balaban J connectivity index is 4.26. The van der Waals surface area contributed by atoms with E-state index in [2.05, 4.69) is 4.74 Å². The Labute approximate surface area is 79.2 Å². The van der Waals surface area contributed by atoms with Crippen molar-refractivity contribution >= 4 is 5.97 Å². The van der Waals surface area contributed by atoms with Crippen molar-refractivity contribution in [3.8, 4) is 0 Å². The van der Waals surface area contributed by atoms with Gasteiger partial charge in [-0.1, -0.05) is 13.8 Å². The number of alkyl halides is 4. The van der Waals surface area contributed by atoms with Crippen LogP contribution in [0.15, 0.2) is 0 Å². The minimum atomic E-state index is -4.84. The fraction of sp³-hybridized carbons (Fsp3) is 0.875. The van der Waals surface area contributed by atoms with E-state index in [4.69, 9.17) is 0 Å². The first-order valence-corrected chi connectivity index (χ1v) is 4.16. The second-order valence-corrected chi connectivity index (χ2v) is 2.93. The fourth-order valence-electron chi connectivity index (χ4n) is 0.609. The normalized spacial score (nSPS) is 16.1. The molecule has 0 radical (unpaired) electrons. The maximum absolute atomic E-state index is 11.9. The van der Waals surface area contributed by atoms with Crippen molar-refractivity contribution in [2.45, 2.75) is 32.5 Å². The lowest BCUT2D eigenvalue weighted by Gasteiger charge is -2.19. The molecule has 0 bridgehead atoms. The van der Waals surface area contributed by atoms with E-state index in [0.717, 1.165) is 0 Å². The van der Waals surface area contributed by atoms with E-state index in [9.17, 15) is 22.4 Å². The van der Waals surface area contributed by atoms with Crippen LogP contribution in [-0.4, -0.2) is 24.9 Å². The highest BCUT2D eigenvalue weighted by molar-refractivity contribution is 5.72. The molecule has 0 aromatic carbocycles. The first-order valence-electron chi connectivity index (χ1n) is 4.16. The lowest BCUT2D eigenvalue weighted by molar-refractivity contribution is -0.226. The van der Waals surface area contributed by atoms with E-state index >= 15 is 0 Å². The molecule has 14 heavy (non-hydrogen) atoms. The summed E-state index contributed by atoms with van der Waals surface area (Å²) in [5.41, 5.74) is 0. The summed E-state index contributed by atoms with van der Waals surface area (Å²) in [6.45, 7) is 1.31. The molecule has 6 heteroatoms. The Kier molecular flexibility index (Phi) is 4.87. The van der Waals surface area contributed by atoms with Gasteiger partial charge in [-0.2, -0.15) is 13.2 Å². The van der Waals surface area contributed by atoms with Gasteiger partial charge in [0.1, 0.15) is 6.67 Å². The molecule has 0 amide bonds. The van der Waals surface area contributed by atoms with Gasteiger partial charge < -0.3 is 4.74 Å². The number of carbonyl (C=O) groups excluding carboxylic acids is 1. The van der Waals surface area contributed by atoms with Gasteiger partial charge in [0, 0.05) is 0 Å². The van der Waals surface area contributed by atoms with Crippen LogP contribution in [0.1, 0.15) is 20.3 Å². The van der Waals surface area contributed by atoms with Crippen molar-refractivity contribution in [1.29, 1.82) is 0 Å². The molecular formula is C8H12F4O2. The minimum absolute atomic E-state index is 0.357. The maximum Gasteiger partial charge on any atom is 0.428 e. The zero-order valence-electron chi connectivity index (χ0n) is 7.90. The van der Waals surface area contributed by atoms with E-state index in [-0.39, 0.29) is 0 Å². The molecule has 2 unspecified atom stereocenters. The highest BCUT2D eigenvalue weighted by Gasteiger charge is 2.43. The molecule has 0 aliphatic carbocycles. The summed E-state index contributed by atoms with van der Waals surface area (Å²) in [6.07, 6.45) is -7.11. The lowest BCUT2D eigenvalue weighted by atomic mass is 10.1. The van der Waals surface area contributed by atoms with Gasteiger partial charge in [-0.05, 0) is 6.42 Å². The van der Waals surface area contributed by atoms with Gasteiger partial charge in [-0.25, -0.2) is 4.39 Å². The number of rotatable bonds is 4. The third kappa shape index (κ3) is 3.93. The topological polar surface area (TPSA) is 26.3 Å². The maximum atomic E-state index is 11.9. The van der Waals surface area contributed by atoms with Gasteiger partial charge in [0.15, 0.2) is 0 Å². The Bertz CT molecular complexity index is 190. The van der Waals surface area contributed by atoms with Gasteiger partial charge >= 0.3 is 12.1 Å². The standard InChI is InChI=1S/C8H12F4O2/c1-3-5(2)7(13)14-6(4-9)8(10,11)12/h5-6H,3-4H2,1-2H3. The molecule has 0 saturated heterocycles. The lowest BCUT2D eigenvalue weighted by Crippen LogP contribution is -2.37. The predicted octanol–water partition coefficient (Wildman–Crippen LogP) is 2.48. The van der Waals surface area contributed by atoms with E-state index in [1.807, 2.05) is 0 Å². The smallest absolute Gasteiger partial charge is 0.428 e. The first kappa shape index (κ1) is 13.2. The first-order chi connectivity index (χ1) is 6.32. The molecule has 2 nitrogen and oxygen atoms in total. The number of halogens is 4. The van der Waals surface area contributed by atoms with Gasteiger partial charge in [0.2, 0.25) is 6.10 Å². The summed E-state index contributed by atoms with van der Waals surface area (Å²) >= 11 is 0. The van der Waals surface area contributed by atoms with E-state index in [1.54, 1.807) is 6.92 Å². The molecule has 0 N–H and O–H groups in total. The summed E-state index contributed by atoms with van der Waals surface area (Å²) in [7, 11) is 0. The van der Waals surface area contributed by atoms with Crippen LogP contribution in [0.3, 0.4) is 0 Å². The van der Waals surface area contributed by atoms with Gasteiger partial charge in [-0.3, -0.25) is 4.79 Å². The molecule has 0 spiro atoms. The molecule has 2 atom stereocenters. The molecule has 0 saturated carbocycles. The predicted molar refractivity (Wildman–Crippen MR) is 41.4 cm³/mol.